The van der Waals surface area contributed by atoms with Crippen molar-refractivity contribution in [3.05, 3.63) is 169 Å². The van der Waals surface area contributed by atoms with Crippen LogP contribution in [0.15, 0.2) is 174 Å². The summed E-state index contributed by atoms with van der Waals surface area (Å²) in [6, 6.07) is -26.8. The van der Waals surface area contributed by atoms with Gasteiger partial charge in [0.1, 0.15) is 11.2 Å². The second-order valence-electron chi connectivity index (χ2n) is 9.51. The van der Waals surface area contributed by atoms with E-state index >= 15 is 0 Å². The zero-order valence-corrected chi connectivity index (χ0v) is 22.4. The van der Waals surface area contributed by atoms with Crippen LogP contribution in [0.25, 0.3) is 88.0 Å². The lowest BCUT2D eigenvalue weighted by atomic mass is 9.84. The van der Waals surface area contributed by atoms with Gasteiger partial charge in [-0.15, -0.1) is 0 Å². The largest absolute Gasteiger partial charge is 0.456 e. The Morgan fingerprint density at radius 1 is 0.333 bits per heavy atom. The summed E-state index contributed by atoms with van der Waals surface area (Å²) in [7, 11) is 0. The Morgan fingerprint density at radius 2 is 0.822 bits per heavy atom. The minimum absolute atomic E-state index is 0.601. The first kappa shape index (κ1) is 10.1. The van der Waals surface area contributed by atoms with Crippen molar-refractivity contribution in [2.45, 2.75) is 0 Å². The van der Waals surface area contributed by atoms with E-state index in [4.69, 9.17) is 29.1 Å². The van der Waals surface area contributed by atoms with Gasteiger partial charge in [-0.05, 0) is 84.2 Å². The molecule has 0 radical (unpaired) electrons. The monoisotopic (exact) mass is 600 g/mol. The summed E-state index contributed by atoms with van der Waals surface area (Å²) in [6.45, 7) is 0. The Morgan fingerprint density at radius 3 is 1.44 bits per heavy atom. The highest BCUT2D eigenvalue weighted by molar-refractivity contribution is 6.25. The number of hydrogen-bond acceptors (Lipinski definition) is 1. The van der Waals surface area contributed by atoms with Crippen LogP contribution in [0.1, 0.15) is 38.4 Å². The molecular formula is C44H28O. The molecule has 0 unspecified atom stereocenters. The summed E-state index contributed by atoms with van der Waals surface area (Å²) in [5.74, 6) is 0. The first-order valence-electron chi connectivity index (χ1n) is 27.2. The first-order chi connectivity index (χ1) is 34.0. The molecule has 0 aliphatic carbocycles. The van der Waals surface area contributed by atoms with Crippen LogP contribution in [0.5, 0.6) is 0 Å². The number of rotatable bonds is 4. The molecule has 1 heterocycles. The van der Waals surface area contributed by atoms with Crippen molar-refractivity contribution in [2.75, 3.05) is 0 Å². The summed E-state index contributed by atoms with van der Waals surface area (Å²) < 4.78 is 255. The maximum atomic E-state index is 9.59. The molecule has 1 heteroatoms. The van der Waals surface area contributed by atoms with Crippen molar-refractivity contribution < 1.29 is 42.8 Å². The lowest BCUT2D eigenvalue weighted by Crippen LogP contribution is -1.91. The zero-order chi connectivity index (χ0) is 54.1. The predicted octanol–water partition coefficient (Wildman–Crippen LogP) is 12.6. The van der Waals surface area contributed by atoms with Gasteiger partial charge < -0.3 is 4.42 Å². The van der Waals surface area contributed by atoms with E-state index in [2.05, 4.69) is 0 Å². The fraction of sp³-hybridized carbons (Fsp3) is 0. The number of furan rings is 1. The molecule has 0 atom stereocenters. The second-order valence-corrected chi connectivity index (χ2v) is 9.51. The Bertz CT molecular complexity index is 3950. The van der Waals surface area contributed by atoms with Gasteiger partial charge in [-0.3, -0.25) is 0 Å². The molecule has 9 rings (SSSR count). The van der Waals surface area contributed by atoms with Gasteiger partial charge in [-0.2, -0.15) is 0 Å². The minimum atomic E-state index is -1.08. The highest BCUT2D eigenvalue weighted by atomic mass is 16.3. The summed E-state index contributed by atoms with van der Waals surface area (Å²) in [5.41, 5.74) is -7.48. The molecule has 0 saturated carbocycles. The van der Waals surface area contributed by atoms with E-state index in [9.17, 15) is 13.7 Å². The van der Waals surface area contributed by atoms with Crippen molar-refractivity contribution in [3.8, 4) is 44.5 Å². The molecule has 0 aliphatic heterocycles. The Balaban J connectivity index is 1.60. The van der Waals surface area contributed by atoms with E-state index < -0.39 is 257 Å². The lowest BCUT2D eigenvalue weighted by Gasteiger charge is -2.18. The van der Waals surface area contributed by atoms with Crippen LogP contribution in [0.3, 0.4) is 0 Å². The van der Waals surface area contributed by atoms with E-state index in [-0.39, 0.29) is 0 Å². The van der Waals surface area contributed by atoms with E-state index in [0.717, 1.165) is 0 Å². The Labute approximate surface area is 301 Å². The van der Waals surface area contributed by atoms with Crippen molar-refractivity contribution >= 4 is 43.5 Å². The fourth-order valence-electron chi connectivity index (χ4n) is 5.20. The van der Waals surface area contributed by atoms with Crippen molar-refractivity contribution in [1.82, 2.24) is 0 Å². The van der Waals surface area contributed by atoms with Crippen LogP contribution in [-0.4, -0.2) is 0 Å². The van der Waals surface area contributed by atoms with Crippen molar-refractivity contribution in [3.63, 3.8) is 0 Å². The highest BCUT2D eigenvalue weighted by Gasteiger charge is 2.20. The van der Waals surface area contributed by atoms with Gasteiger partial charge >= 0.3 is 0 Å². The third kappa shape index (κ3) is 4.17. The predicted molar refractivity (Wildman–Crippen MR) is 190 cm³/mol. The molecule has 8 aromatic carbocycles. The molecule has 0 fully saturated rings. The second kappa shape index (κ2) is 10.4. The topological polar surface area (TPSA) is 13.1 Å². The van der Waals surface area contributed by atoms with Gasteiger partial charge in [0.15, 0.2) is 0 Å². The molecule has 0 amide bonds. The Kier molecular flexibility index (Phi) is 2.32. The summed E-state index contributed by atoms with van der Waals surface area (Å²) in [4.78, 5) is 0. The van der Waals surface area contributed by atoms with Crippen LogP contribution in [0.2, 0.25) is 0 Å². The SMILES string of the molecule is [2H]c1c([2H])c([2H])c(-c2c([2H])c([2H])c(-c3c4c([2H])c([2H])c([2H])c([2H])c4c(-c4c([2H])c([2H])c([2H])c5oc6c([2H])c([2H])c(-c7c([2H])c([2H])c([2H])c([2H])c7[2H])c([2H])c6c45)c4c([2H])c([2H])c([2H])c([2H])c34)c([2H])c2[2H])c([2H])c1[2H]. The van der Waals surface area contributed by atoms with Gasteiger partial charge in [0, 0.05) is 10.8 Å². The molecule has 0 spiro atoms. The van der Waals surface area contributed by atoms with Gasteiger partial charge in [0.25, 0.3) is 0 Å². The lowest BCUT2D eigenvalue weighted by molar-refractivity contribution is 0.669. The summed E-state index contributed by atoms with van der Waals surface area (Å²) in [6.07, 6.45) is 0. The quantitative estimate of drug-likeness (QED) is 0.183. The van der Waals surface area contributed by atoms with E-state index in [1.165, 1.54) is 0 Å². The van der Waals surface area contributed by atoms with E-state index in [0.29, 0.717) is 0 Å². The third-order valence-electron chi connectivity index (χ3n) is 7.07. The average molecular weight is 601 g/mol. The highest BCUT2D eigenvalue weighted by Crippen LogP contribution is 2.47. The molecule has 0 N–H and O–H groups in total. The molecule has 9 aromatic rings. The van der Waals surface area contributed by atoms with Gasteiger partial charge in [0.2, 0.25) is 0 Å². The van der Waals surface area contributed by atoms with Gasteiger partial charge in [-0.1, -0.05) is 151 Å². The first-order valence-corrected chi connectivity index (χ1v) is 13.2. The standard InChI is InChI=1S/C44H28O/c1-3-12-29(13-4-1)31-22-24-32(25-23-31)42-34-16-7-9-18-36(34)43(37-19-10-8-17-35(37)42)38-20-11-21-41-44(38)39-28-33(26-27-40(39)45-41)30-14-5-2-6-15-30/h1-28H/i1D,2D,3D,4D,5D,6D,7D,8D,9D,10D,11D,12D,13D,14D,15D,16D,17D,18D,19D,20D,21D,22D,23D,24D,25D,26D,27D,28D. The summed E-state index contributed by atoms with van der Waals surface area (Å²) >= 11 is 0. The minimum Gasteiger partial charge on any atom is -0.456 e. The molecule has 1 aromatic heterocycles. The van der Waals surface area contributed by atoms with Crippen LogP contribution in [-0.2, 0) is 0 Å². The summed E-state index contributed by atoms with van der Waals surface area (Å²) in [5, 5.41) is -4.26. The molecule has 1 nitrogen and oxygen atoms in total. The number of hydrogen-bond donors (Lipinski definition) is 0. The fourth-order valence-corrected chi connectivity index (χ4v) is 5.20. The van der Waals surface area contributed by atoms with Crippen molar-refractivity contribution in [2.24, 2.45) is 0 Å². The van der Waals surface area contributed by atoms with E-state index in [1.54, 1.807) is 0 Å². The number of benzene rings is 8. The van der Waals surface area contributed by atoms with E-state index in [1.807, 2.05) is 0 Å². The van der Waals surface area contributed by atoms with Gasteiger partial charge in [-0.25, -0.2) is 0 Å². The Hall–Kier alpha value is -5.92. The molecule has 45 heavy (non-hydrogen) atoms. The van der Waals surface area contributed by atoms with Crippen LogP contribution < -0.4 is 0 Å². The van der Waals surface area contributed by atoms with Crippen LogP contribution in [0, 0.1) is 0 Å². The van der Waals surface area contributed by atoms with Crippen LogP contribution in [0.4, 0.5) is 0 Å². The van der Waals surface area contributed by atoms with Crippen molar-refractivity contribution in [1.29, 1.82) is 0 Å². The molecule has 0 saturated heterocycles. The number of fused-ring (bicyclic) bond motifs is 5. The normalized spacial score (nSPS) is 20.3. The molecular weight excluding hydrogens is 544 g/mol. The maximum absolute atomic E-state index is 9.59. The molecule has 0 bridgehead atoms. The smallest absolute Gasteiger partial charge is 0.136 e. The van der Waals surface area contributed by atoms with Crippen LogP contribution >= 0.6 is 0 Å². The zero-order valence-electron chi connectivity index (χ0n) is 50.4. The maximum Gasteiger partial charge on any atom is 0.136 e. The third-order valence-corrected chi connectivity index (χ3v) is 7.07. The van der Waals surface area contributed by atoms with Gasteiger partial charge in [0.05, 0.1) is 38.4 Å². The average Bonchev–Trinajstić information content (AvgIpc) is 3.76. The molecule has 0 aliphatic rings. The molecule has 210 valence electrons.